The van der Waals surface area contributed by atoms with Crippen LogP contribution in [0.1, 0.15) is 60.3 Å². The van der Waals surface area contributed by atoms with Crippen LogP contribution >= 0.6 is 0 Å². The van der Waals surface area contributed by atoms with Crippen LogP contribution in [0.25, 0.3) is 0 Å². The van der Waals surface area contributed by atoms with Crippen LogP contribution in [-0.2, 0) is 16.0 Å². The zero-order chi connectivity index (χ0) is 40.7. The number of nitrogens with one attached hydrogen (secondary N) is 2. The number of anilines is 4. The fraction of sp³-hybridized carbons (Fsp3) is 0.417. The van der Waals surface area contributed by atoms with Gasteiger partial charge in [-0.25, -0.2) is 4.39 Å². The Balaban J connectivity index is 0.878. The van der Waals surface area contributed by atoms with Crippen LogP contribution in [0.15, 0.2) is 91.0 Å². The maximum Gasteiger partial charge on any atom is 0.224 e. The van der Waals surface area contributed by atoms with Gasteiger partial charge in [0.2, 0.25) is 11.8 Å². The molecule has 2 saturated heterocycles. The minimum Gasteiger partial charge on any atom is -0.371 e. The number of hydrogen-bond donors (Lipinski definition) is 2. The van der Waals surface area contributed by atoms with Gasteiger partial charge in [-0.15, -0.1) is 0 Å². The van der Waals surface area contributed by atoms with Gasteiger partial charge in [-0.2, -0.15) is 10.5 Å². The SMILES string of the molecule is N#Cc1ccc(N2CC(C(=O)NCCCN3CCc4ccccc43)CC(C3CN(CCCNC(=O)C4CCCN(c5ccc(C#N)cc5F)C4)c4ccccc43)C2)cc1. The summed E-state index contributed by atoms with van der Waals surface area (Å²) < 4.78 is 14.8. The van der Waals surface area contributed by atoms with Crippen molar-refractivity contribution in [2.45, 2.75) is 44.4 Å². The van der Waals surface area contributed by atoms with E-state index < -0.39 is 5.82 Å². The maximum absolute atomic E-state index is 14.8. The van der Waals surface area contributed by atoms with E-state index in [4.69, 9.17) is 5.26 Å². The lowest BCUT2D eigenvalue weighted by Gasteiger charge is -2.41. The predicted octanol–water partition coefficient (Wildman–Crippen LogP) is 6.61. The second kappa shape index (κ2) is 18.2. The lowest BCUT2D eigenvalue weighted by atomic mass is 9.78. The molecule has 2 amide bonds. The van der Waals surface area contributed by atoms with Crippen LogP contribution in [-0.4, -0.2) is 77.3 Å². The van der Waals surface area contributed by atoms with Gasteiger partial charge in [-0.05, 0) is 110 Å². The van der Waals surface area contributed by atoms with Gasteiger partial charge in [0.1, 0.15) is 5.82 Å². The molecule has 2 fully saturated rings. The van der Waals surface area contributed by atoms with Crippen LogP contribution < -0.4 is 30.2 Å². The molecule has 8 rings (SSSR count). The Hall–Kier alpha value is -6.07. The summed E-state index contributed by atoms with van der Waals surface area (Å²) >= 11 is 0. The van der Waals surface area contributed by atoms with E-state index >= 15 is 0 Å². The fourth-order valence-electron chi connectivity index (χ4n) is 9.85. The molecule has 0 bridgehead atoms. The molecule has 4 aliphatic heterocycles. The molecule has 4 aliphatic rings. The molecular formula is C48H53FN8O2. The minimum atomic E-state index is -0.432. The van der Waals surface area contributed by atoms with Crippen molar-refractivity contribution >= 4 is 34.6 Å². The van der Waals surface area contributed by atoms with Gasteiger partial charge in [0.25, 0.3) is 0 Å². The highest BCUT2D eigenvalue weighted by molar-refractivity contribution is 5.80. The Morgan fingerprint density at radius 2 is 1.37 bits per heavy atom. The molecule has 304 valence electrons. The first-order chi connectivity index (χ1) is 28.9. The van der Waals surface area contributed by atoms with Gasteiger partial charge in [-0.1, -0.05) is 36.4 Å². The number of halogens is 1. The van der Waals surface area contributed by atoms with Crippen LogP contribution in [0, 0.1) is 46.2 Å². The van der Waals surface area contributed by atoms with Crippen molar-refractivity contribution < 1.29 is 14.0 Å². The third-order valence-electron chi connectivity index (χ3n) is 12.9. The number of nitriles is 2. The molecular weight excluding hydrogens is 740 g/mol. The molecule has 4 heterocycles. The predicted molar refractivity (Wildman–Crippen MR) is 230 cm³/mol. The normalized spacial score (nSPS) is 21.0. The molecule has 0 spiro atoms. The van der Waals surface area contributed by atoms with E-state index in [0.29, 0.717) is 44.0 Å². The van der Waals surface area contributed by atoms with Crippen molar-refractivity contribution in [2.75, 3.05) is 85.0 Å². The van der Waals surface area contributed by atoms with Crippen molar-refractivity contribution in [3.63, 3.8) is 0 Å². The lowest BCUT2D eigenvalue weighted by Crippen LogP contribution is -2.48. The number of carbonyl (C=O) groups excluding carboxylic acids is 2. The topological polar surface area (TPSA) is 119 Å². The second-order valence-electron chi connectivity index (χ2n) is 16.6. The van der Waals surface area contributed by atoms with E-state index in [9.17, 15) is 19.2 Å². The number of amides is 2. The number of piperidine rings is 2. The molecule has 4 atom stereocenters. The monoisotopic (exact) mass is 792 g/mol. The molecule has 4 unspecified atom stereocenters. The third-order valence-corrected chi connectivity index (χ3v) is 12.9. The summed E-state index contributed by atoms with van der Waals surface area (Å²) in [5.41, 5.74) is 7.61. The summed E-state index contributed by atoms with van der Waals surface area (Å²) in [6.45, 7) is 7.34. The molecule has 0 saturated carbocycles. The fourth-order valence-corrected chi connectivity index (χ4v) is 9.85. The van der Waals surface area contributed by atoms with E-state index in [1.54, 1.807) is 12.1 Å². The van der Waals surface area contributed by atoms with Crippen molar-refractivity contribution in [2.24, 2.45) is 17.8 Å². The maximum atomic E-state index is 14.8. The lowest BCUT2D eigenvalue weighted by molar-refractivity contribution is -0.126. The number of hydrogen-bond acceptors (Lipinski definition) is 8. The van der Waals surface area contributed by atoms with Crippen molar-refractivity contribution in [3.05, 3.63) is 119 Å². The van der Waals surface area contributed by atoms with Gasteiger partial charge in [0.15, 0.2) is 0 Å². The van der Waals surface area contributed by atoms with Crippen LogP contribution in [0.2, 0.25) is 0 Å². The average Bonchev–Trinajstić information content (AvgIpc) is 3.87. The summed E-state index contributed by atoms with van der Waals surface area (Å²) in [5.74, 6) is -0.248. The van der Waals surface area contributed by atoms with Gasteiger partial charge < -0.3 is 30.2 Å². The standard InChI is InChI=1S/C48H53FN8O2/c49-43-26-35(29-51)15-18-46(43)55-22-5-9-37(30-55)47(58)52-21-7-24-56-33-42(41-10-2-4-12-45(41)56)38-27-39(32-57(31-38)40-16-13-34(28-50)14-17-40)48(59)53-20-6-23-54-25-19-36-8-1-3-11-44(36)54/h1-4,8,10-18,26,37-39,42H,5-7,9,19-25,27,30-33H2,(H,52,58)(H,53,59). The Morgan fingerprint density at radius 1 is 0.695 bits per heavy atom. The number of rotatable bonds is 13. The molecule has 4 aromatic carbocycles. The molecule has 10 nitrogen and oxygen atoms in total. The molecule has 4 aromatic rings. The number of benzene rings is 4. The van der Waals surface area contributed by atoms with Crippen LogP contribution in [0.5, 0.6) is 0 Å². The summed E-state index contributed by atoms with van der Waals surface area (Å²) in [4.78, 5) is 36.4. The Morgan fingerprint density at radius 3 is 2.14 bits per heavy atom. The summed E-state index contributed by atoms with van der Waals surface area (Å²) in [7, 11) is 0. The van der Waals surface area contributed by atoms with E-state index in [2.05, 4.69) is 79.9 Å². The molecule has 11 heteroatoms. The Bertz CT molecular complexity index is 2220. The first-order valence-corrected chi connectivity index (χ1v) is 21.3. The molecule has 59 heavy (non-hydrogen) atoms. The second-order valence-corrected chi connectivity index (χ2v) is 16.6. The van der Waals surface area contributed by atoms with E-state index in [1.807, 2.05) is 35.2 Å². The summed E-state index contributed by atoms with van der Waals surface area (Å²) in [6, 6.07) is 33.7. The zero-order valence-electron chi connectivity index (χ0n) is 33.7. The van der Waals surface area contributed by atoms with Crippen molar-refractivity contribution in [3.8, 4) is 12.1 Å². The first kappa shape index (κ1) is 39.7. The molecule has 0 aromatic heterocycles. The van der Waals surface area contributed by atoms with Gasteiger partial charge in [0.05, 0.1) is 40.8 Å². The molecule has 2 N–H and O–H groups in total. The molecule has 0 aliphatic carbocycles. The highest BCUT2D eigenvalue weighted by atomic mass is 19.1. The van der Waals surface area contributed by atoms with Crippen molar-refractivity contribution in [1.82, 2.24) is 10.6 Å². The van der Waals surface area contributed by atoms with Gasteiger partial charge in [-0.3, -0.25) is 9.59 Å². The Labute approximate surface area is 347 Å². The number of fused-ring (bicyclic) bond motifs is 2. The highest BCUT2D eigenvalue weighted by Crippen LogP contribution is 2.44. The van der Waals surface area contributed by atoms with E-state index in [0.717, 1.165) is 76.9 Å². The van der Waals surface area contributed by atoms with Crippen molar-refractivity contribution in [1.29, 1.82) is 10.5 Å². The molecule has 0 radical (unpaired) electrons. The zero-order valence-corrected chi connectivity index (χ0v) is 33.7. The van der Waals surface area contributed by atoms with E-state index in [-0.39, 0.29) is 41.0 Å². The van der Waals surface area contributed by atoms with Gasteiger partial charge in [0, 0.05) is 88.4 Å². The highest BCUT2D eigenvalue weighted by Gasteiger charge is 2.40. The Kier molecular flexibility index (Phi) is 12.3. The number of carbonyl (C=O) groups is 2. The largest absolute Gasteiger partial charge is 0.371 e. The minimum absolute atomic E-state index is 0.000697. The number of para-hydroxylation sites is 2. The van der Waals surface area contributed by atoms with E-state index in [1.165, 1.54) is 28.6 Å². The van der Waals surface area contributed by atoms with Crippen LogP contribution in [0.3, 0.4) is 0 Å². The third kappa shape index (κ3) is 9.00. The number of nitrogens with zero attached hydrogens (tertiary/aromatic N) is 6. The van der Waals surface area contributed by atoms with Crippen LogP contribution in [0.4, 0.5) is 27.1 Å². The quantitative estimate of drug-likeness (QED) is 0.146. The smallest absolute Gasteiger partial charge is 0.224 e. The average molecular weight is 793 g/mol. The summed E-state index contributed by atoms with van der Waals surface area (Å²) in [6.07, 6.45) is 5.09. The summed E-state index contributed by atoms with van der Waals surface area (Å²) in [5, 5.41) is 25.0. The van der Waals surface area contributed by atoms with Gasteiger partial charge >= 0.3 is 0 Å². The first-order valence-electron chi connectivity index (χ1n) is 21.3.